The van der Waals surface area contributed by atoms with Gasteiger partial charge >= 0.3 is 0 Å². The van der Waals surface area contributed by atoms with Gasteiger partial charge in [-0.1, -0.05) is 32.9 Å². The number of amides is 1. The van der Waals surface area contributed by atoms with E-state index < -0.39 is 0 Å². The Morgan fingerprint density at radius 3 is 2.38 bits per heavy atom. The van der Waals surface area contributed by atoms with Gasteiger partial charge in [0.25, 0.3) is 0 Å². The summed E-state index contributed by atoms with van der Waals surface area (Å²) in [6.45, 7) is 14.4. The monoisotopic (exact) mass is 444 g/mol. The summed E-state index contributed by atoms with van der Waals surface area (Å²) >= 11 is 0. The van der Waals surface area contributed by atoms with Crippen molar-refractivity contribution >= 4 is 11.8 Å². The number of piperazine rings is 1. The van der Waals surface area contributed by atoms with Crippen molar-refractivity contribution in [1.82, 2.24) is 15.0 Å². The number of aromatic nitrogens is 1. The normalized spacial score (nSPS) is 16.3. The molecule has 3 rings (SSSR count). The molecule has 1 aliphatic heterocycles. The SMILES string of the molecule is CCC(C)N(Cc1c(-c2ccc(F)cc2)noc1N1CCN(C)CC1)C(=O)CC(C)(C)C. The van der Waals surface area contributed by atoms with E-state index in [0.717, 1.165) is 43.7 Å². The highest BCUT2D eigenvalue weighted by Gasteiger charge is 2.30. The van der Waals surface area contributed by atoms with E-state index in [2.05, 4.69) is 56.6 Å². The van der Waals surface area contributed by atoms with Crippen molar-refractivity contribution in [1.29, 1.82) is 0 Å². The highest BCUT2D eigenvalue weighted by Crippen LogP contribution is 2.34. The predicted molar refractivity (Wildman–Crippen MR) is 126 cm³/mol. The quantitative estimate of drug-likeness (QED) is 0.614. The number of anilines is 1. The summed E-state index contributed by atoms with van der Waals surface area (Å²) in [6.07, 6.45) is 1.33. The van der Waals surface area contributed by atoms with Gasteiger partial charge in [0.2, 0.25) is 11.8 Å². The molecule has 0 aliphatic carbocycles. The Bertz CT molecular complexity index is 896. The number of hydrogen-bond donors (Lipinski definition) is 0. The molecule has 0 N–H and O–H groups in total. The van der Waals surface area contributed by atoms with Crippen LogP contribution in [0.2, 0.25) is 0 Å². The summed E-state index contributed by atoms with van der Waals surface area (Å²) in [5.74, 6) is 0.552. The molecular formula is C25H37FN4O2. The van der Waals surface area contributed by atoms with Crippen molar-refractivity contribution in [3.8, 4) is 11.3 Å². The Kier molecular flexibility index (Phi) is 7.59. The molecule has 176 valence electrons. The van der Waals surface area contributed by atoms with E-state index in [9.17, 15) is 9.18 Å². The van der Waals surface area contributed by atoms with Gasteiger partial charge in [-0.25, -0.2) is 4.39 Å². The van der Waals surface area contributed by atoms with Crippen LogP contribution in [0.5, 0.6) is 0 Å². The van der Waals surface area contributed by atoms with Gasteiger partial charge in [-0.2, -0.15) is 0 Å². The average molecular weight is 445 g/mol. The first kappa shape index (κ1) is 24.2. The van der Waals surface area contributed by atoms with Crippen LogP contribution in [0.1, 0.15) is 53.0 Å². The summed E-state index contributed by atoms with van der Waals surface area (Å²) in [4.78, 5) is 19.8. The molecule has 2 aromatic rings. The molecule has 0 spiro atoms. The van der Waals surface area contributed by atoms with Crippen molar-refractivity contribution in [2.45, 2.75) is 60.0 Å². The molecule has 1 amide bonds. The molecule has 1 aromatic carbocycles. The van der Waals surface area contributed by atoms with Gasteiger partial charge in [0.05, 0.1) is 12.1 Å². The van der Waals surface area contributed by atoms with Gasteiger partial charge in [-0.05, 0) is 50.1 Å². The molecule has 1 aliphatic rings. The Hall–Kier alpha value is -2.41. The van der Waals surface area contributed by atoms with E-state index in [-0.39, 0.29) is 23.2 Å². The number of carbonyl (C=O) groups excluding carboxylic acids is 1. The summed E-state index contributed by atoms with van der Waals surface area (Å²) in [7, 11) is 2.11. The molecule has 1 saturated heterocycles. The van der Waals surface area contributed by atoms with Gasteiger partial charge < -0.3 is 19.2 Å². The van der Waals surface area contributed by atoms with Gasteiger partial charge in [0, 0.05) is 44.2 Å². The number of carbonyl (C=O) groups is 1. The third-order valence-electron chi connectivity index (χ3n) is 6.13. The molecule has 1 unspecified atom stereocenters. The van der Waals surface area contributed by atoms with Crippen molar-refractivity contribution in [2.24, 2.45) is 5.41 Å². The van der Waals surface area contributed by atoms with E-state index in [1.165, 1.54) is 12.1 Å². The molecule has 32 heavy (non-hydrogen) atoms. The van der Waals surface area contributed by atoms with Crippen LogP contribution in [-0.4, -0.2) is 60.1 Å². The standard InChI is InChI=1S/C25H37FN4O2/c1-7-18(2)30(22(31)16-25(3,4)5)17-21-23(19-8-10-20(26)11-9-19)27-32-24(21)29-14-12-28(6)13-15-29/h8-11,18H,7,12-17H2,1-6H3. The van der Waals surface area contributed by atoms with E-state index in [1.807, 2.05) is 4.90 Å². The molecule has 0 radical (unpaired) electrons. The maximum atomic E-state index is 13.6. The minimum atomic E-state index is -0.292. The zero-order valence-corrected chi connectivity index (χ0v) is 20.3. The van der Waals surface area contributed by atoms with E-state index in [4.69, 9.17) is 4.52 Å². The number of likely N-dealkylation sites (N-methyl/N-ethyl adjacent to an activating group) is 1. The second-order valence-corrected chi connectivity index (χ2v) is 10.1. The Morgan fingerprint density at radius 2 is 1.81 bits per heavy atom. The fraction of sp³-hybridized carbons (Fsp3) is 0.600. The fourth-order valence-corrected chi connectivity index (χ4v) is 3.97. The molecule has 6 nitrogen and oxygen atoms in total. The summed E-state index contributed by atoms with van der Waals surface area (Å²) in [6, 6.07) is 6.38. The van der Waals surface area contributed by atoms with E-state index in [0.29, 0.717) is 24.5 Å². The molecule has 7 heteroatoms. The third-order valence-corrected chi connectivity index (χ3v) is 6.13. The number of hydrogen-bond acceptors (Lipinski definition) is 5. The van der Waals surface area contributed by atoms with E-state index >= 15 is 0 Å². The average Bonchev–Trinajstić information content (AvgIpc) is 3.14. The van der Waals surface area contributed by atoms with Crippen LogP contribution in [0, 0.1) is 11.2 Å². The largest absolute Gasteiger partial charge is 0.338 e. The molecular weight excluding hydrogens is 407 g/mol. The number of halogens is 1. The lowest BCUT2D eigenvalue weighted by molar-refractivity contribution is -0.135. The number of benzene rings is 1. The van der Waals surface area contributed by atoms with Crippen molar-refractivity contribution in [2.75, 3.05) is 38.1 Å². The maximum Gasteiger partial charge on any atom is 0.232 e. The third kappa shape index (κ3) is 5.88. The lowest BCUT2D eigenvalue weighted by Crippen LogP contribution is -2.45. The van der Waals surface area contributed by atoms with Crippen LogP contribution in [0.3, 0.4) is 0 Å². The van der Waals surface area contributed by atoms with Crippen molar-refractivity contribution < 1.29 is 13.7 Å². The predicted octanol–water partition coefficient (Wildman–Crippen LogP) is 4.80. The summed E-state index contributed by atoms with van der Waals surface area (Å²) in [5.41, 5.74) is 2.26. The Morgan fingerprint density at radius 1 is 1.19 bits per heavy atom. The van der Waals surface area contributed by atoms with Crippen LogP contribution in [0.25, 0.3) is 11.3 Å². The molecule has 2 heterocycles. The van der Waals surface area contributed by atoms with Gasteiger partial charge in [0.1, 0.15) is 11.5 Å². The zero-order valence-electron chi connectivity index (χ0n) is 20.3. The van der Waals surface area contributed by atoms with Crippen LogP contribution in [-0.2, 0) is 11.3 Å². The second kappa shape index (κ2) is 10.0. The van der Waals surface area contributed by atoms with Crippen molar-refractivity contribution in [3.63, 3.8) is 0 Å². The fourth-order valence-electron chi connectivity index (χ4n) is 3.97. The van der Waals surface area contributed by atoms with Gasteiger partial charge in [0.15, 0.2) is 0 Å². The smallest absolute Gasteiger partial charge is 0.232 e. The first-order valence-electron chi connectivity index (χ1n) is 11.6. The molecule has 1 atom stereocenters. The molecule has 0 bridgehead atoms. The Labute approximate surface area is 191 Å². The lowest BCUT2D eigenvalue weighted by Gasteiger charge is -2.34. The first-order chi connectivity index (χ1) is 15.1. The first-order valence-corrected chi connectivity index (χ1v) is 11.6. The number of rotatable bonds is 7. The van der Waals surface area contributed by atoms with Crippen LogP contribution in [0.15, 0.2) is 28.8 Å². The van der Waals surface area contributed by atoms with Gasteiger partial charge in [-0.15, -0.1) is 0 Å². The minimum absolute atomic E-state index is 0.0844. The highest BCUT2D eigenvalue weighted by atomic mass is 19.1. The minimum Gasteiger partial charge on any atom is -0.338 e. The van der Waals surface area contributed by atoms with E-state index in [1.54, 1.807) is 12.1 Å². The highest BCUT2D eigenvalue weighted by molar-refractivity contribution is 5.78. The Balaban J connectivity index is 2.00. The lowest BCUT2D eigenvalue weighted by atomic mass is 9.91. The topological polar surface area (TPSA) is 52.8 Å². The van der Waals surface area contributed by atoms with Crippen LogP contribution >= 0.6 is 0 Å². The summed E-state index contributed by atoms with van der Waals surface area (Å²) < 4.78 is 19.4. The number of nitrogens with zero attached hydrogens (tertiary/aromatic N) is 4. The van der Waals surface area contributed by atoms with Gasteiger partial charge in [-0.3, -0.25) is 4.79 Å². The molecule has 0 saturated carbocycles. The zero-order chi connectivity index (χ0) is 23.5. The molecule has 1 aromatic heterocycles. The second-order valence-electron chi connectivity index (χ2n) is 10.1. The van der Waals surface area contributed by atoms with Crippen LogP contribution < -0.4 is 4.90 Å². The van der Waals surface area contributed by atoms with Crippen LogP contribution in [0.4, 0.5) is 10.3 Å². The maximum absolute atomic E-state index is 13.6. The molecule has 1 fully saturated rings. The van der Waals surface area contributed by atoms with Crippen molar-refractivity contribution in [3.05, 3.63) is 35.6 Å². The summed E-state index contributed by atoms with van der Waals surface area (Å²) in [5, 5.41) is 4.39.